The minimum atomic E-state index is 0.404. The Kier molecular flexibility index (Phi) is 7.89. The lowest BCUT2D eigenvalue weighted by Crippen LogP contribution is -2.38. The molecule has 1 unspecified atom stereocenters. The summed E-state index contributed by atoms with van der Waals surface area (Å²) in [6, 6.07) is 6.33. The number of aliphatic imine (C=N–C) groups is 1. The predicted octanol–water partition coefficient (Wildman–Crippen LogP) is 3.02. The van der Waals surface area contributed by atoms with E-state index in [2.05, 4.69) is 47.7 Å². The van der Waals surface area contributed by atoms with Crippen LogP contribution in [0, 0.1) is 6.92 Å². The quantitative estimate of drug-likeness (QED) is 0.567. The molecule has 5 heteroatoms. The van der Waals surface area contributed by atoms with Crippen LogP contribution >= 0.6 is 0 Å². The van der Waals surface area contributed by atoms with Crippen molar-refractivity contribution in [3.05, 3.63) is 29.3 Å². The molecule has 1 aliphatic heterocycles. The van der Waals surface area contributed by atoms with Crippen LogP contribution in [-0.2, 0) is 11.3 Å². The largest absolute Gasteiger partial charge is 0.493 e. The van der Waals surface area contributed by atoms with Gasteiger partial charge in [-0.3, -0.25) is 4.99 Å². The molecule has 1 aliphatic rings. The molecular weight excluding hydrogens is 302 g/mol. The Morgan fingerprint density at radius 1 is 1.38 bits per heavy atom. The van der Waals surface area contributed by atoms with Crippen LogP contribution in [0.2, 0.25) is 0 Å². The average Bonchev–Trinajstić information content (AvgIpc) is 3.10. The normalized spacial score (nSPS) is 17.8. The van der Waals surface area contributed by atoms with E-state index in [4.69, 9.17) is 9.47 Å². The van der Waals surface area contributed by atoms with Crippen LogP contribution in [0.15, 0.2) is 23.2 Å². The minimum Gasteiger partial charge on any atom is -0.493 e. The smallest absolute Gasteiger partial charge is 0.191 e. The number of benzene rings is 1. The Morgan fingerprint density at radius 2 is 2.25 bits per heavy atom. The molecule has 1 atom stereocenters. The molecule has 5 nitrogen and oxygen atoms in total. The molecule has 2 rings (SSSR count). The molecule has 0 bridgehead atoms. The molecule has 1 saturated heterocycles. The fraction of sp³-hybridized carbons (Fsp3) is 0.632. The highest BCUT2D eigenvalue weighted by molar-refractivity contribution is 5.79. The summed E-state index contributed by atoms with van der Waals surface area (Å²) in [5.74, 6) is 1.77. The van der Waals surface area contributed by atoms with Gasteiger partial charge in [-0.05, 0) is 44.2 Å². The lowest BCUT2D eigenvalue weighted by atomic mass is 10.1. The molecule has 1 fully saturated rings. The summed E-state index contributed by atoms with van der Waals surface area (Å²) in [5, 5.41) is 6.72. The van der Waals surface area contributed by atoms with Crippen molar-refractivity contribution in [1.82, 2.24) is 10.6 Å². The molecular formula is C19H31N3O2. The minimum absolute atomic E-state index is 0.404. The third kappa shape index (κ3) is 6.04. The zero-order chi connectivity index (χ0) is 17.2. The van der Waals surface area contributed by atoms with Gasteiger partial charge in [-0.1, -0.05) is 19.1 Å². The maximum atomic E-state index is 5.86. The molecule has 0 saturated carbocycles. The Hall–Kier alpha value is -1.75. The van der Waals surface area contributed by atoms with Gasteiger partial charge < -0.3 is 20.1 Å². The molecule has 134 valence electrons. The number of hydrogen-bond acceptors (Lipinski definition) is 3. The first-order valence-corrected chi connectivity index (χ1v) is 9.01. The van der Waals surface area contributed by atoms with Crippen molar-refractivity contribution in [3.63, 3.8) is 0 Å². The van der Waals surface area contributed by atoms with Crippen molar-refractivity contribution in [2.45, 2.75) is 52.2 Å². The van der Waals surface area contributed by atoms with Crippen LogP contribution in [-0.4, -0.2) is 38.9 Å². The Bertz CT molecular complexity index is 525. The van der Waals surface area contributed by atoms with Gasteiger partial charge >= 0.3 is 0 Å². The summed E-state index contributed by atoms with van der Waals surface area (Å²) in [5.41, 5.74) is 2.36. The maximum Gasteiger partial charge on any atom is 0.191 e. The van der Waals surface area contributed by atoms with Gasteiger partial charge in [-0.25, -0.2) is 0 Å². The van der Waals surface area contributed by atoms with Gasteiger partial charge in [0.1, 0.15) is 5.75 Å². The molecule has 0 aromatic heterocycles. The molecule has 0 amide bonds. The molecule has 0 spiro atoms. The summed E-state index contributed by atoms with van der Waals surface area (Å²) in [6.45, 7) is 7.42. The highest BCUT2D eigenvalue weighted by Crippen LogP contribution is 2.20. The van der Waals surface area contributed by atoms with Gasteiger partial charge in [0.2, 0.25) is 0 Å². The van der Waals surface area contributed by atoms with E-state index in [1.54, 1.807) is 7.05 Å². The number of hydrogen-bond donors (Lipinski definition) is 2. The zero-order valence-electron chi connectivity index (χ0n) is 15.2. The SMILES string of the molecule is CCCOc1cc(C)ccc1CNC(=NC)NCCC1CCCO1. The lowest BCUT2D eigenvalue weighted by molar-refractivity contribution is 0.105. The first-order valence-electron chi connectivity index (χ1n) is 9.01. The highest BCUT2D eigenvalue weighted by atomic mass is 16.5. The van der Waals surface area contributed by atoms with Crippen LogP contribution in [0.4, 0.5) is 0 Å². The lowest BCUT2D eigenvalue weighted by Gasteiger charge is -2.16. The van der Waals surface area contributed by atoms with E-state index in [-0.39, 0.29) is 0 Å². The second-order valence-electron chi connectivity index (χ2n) is 6.24. The standard InChI is InChI=1S/C19H31N3O2/c1-4-11-24-18-13-15(2)7-8-16(18)14-22-19(20-3)21-10-9-17-6-5-12-23-17/h7-8,13,17H,4-6,9-12,14H2,1-3H3,(H2,20,21,22). The Balaban J connectivity index is 1.81. The molecule has 0 aliphatic carbocycles. The van der Waals surface area contributed by atoms with E-state index < -0.39 is 0 Å². The average molecular weight is 333 g/mol. The van der Waals surface area contributed by atoms with Crippen LogP contribution < -0.4 is 15.4 Å². The van der Waals surface area contributed by atoms with E-state index in [1.807, 2.05) is 0 Å². The molecule has 0 radical (unpaired) electrons. The topological polar surface area (TPSA) is 54.9 Å². The Labute approximate surface area is 145 Å². The van der Waals surface area contributed by atoms with Crippen LogP contribution in [0.1, 0.15) is 43.7 Å². The zero-order valence-corrected chi connectivity index (χ0v) is 15.2. The van der Waals surface area contributed by atoms with Crippen molar-refractivity contribution in [2.24, 2.45) is 4.99 Å². The number of rotatable bonds is 8. The third-order valence-corrected chi connectivity index (χ3v) is 4.14. The Morgan fingerprint density at radius 3 is 2.96 bits per heavy atom. The predicted molar refractivity (Wildman–Crippen MR) is 98.8 cm³/mol. The van der Waals surface area contributed by atoms with Crippen LogP contribution in [0.3, 0.4) is 0 Å². The molecule has 1 aromatic rings. The number of ether oxygens (including phenoxy) is 2. The van der Waals surface area contributed by atoms with E-state index >= 15 is 0 Å². The molecule has 1 heterocycles. The third-order valence-electron chi connectivity index (χ3n) is 4.14. The van der Waals surface area contributed by atoms with Gasteiger partial charge in [0.05, 0.1) is 12.7 Å². The number of nitrogens with zero attached hydrogens (tertiary/aromatic N) is 1. The summed E-state index contributed by atoms with van der Waals surface area (Å²) in [7, 11) is 1.80. The fourth-order valence-electron chi connectivity index (χ4n) is 2.78. The maximum absolute atomic E-state index is 5.86. The summed E-state index contributed by atoms with van der Waals surface area (Å²) < 4.78 is 11.5. The second-order valence-corrected chi connectivity index (χ2v) is 6.24. The number of guanidine groups is 1. The van der Waals surface area contributed by atoms with Gasteiger partial charge in [-0.15, -0.1) is 0 Å². The van der Waals surface area contributed by atoms with Crippen molar-refractivity contribution in [3.8, 4) is 5.75 Å². The monoisotopic (exact) mass is 333 g/mol. The van der Waals surface area contributed by atoms with E-state index in [1.165, 1.54) is 18.4 Å². The second kappa shape index (κ2) is 10.2. The van der Waals surface area contributed by atoms with E-state index in [0.717, 1.165) is 49.9 Å². The first-order chi connectivity index (χ1) is 11.7. The molecule has 2 N–H and O–H groups in total. The fourth-order valence-corrected chi connectivity index (χ4v) is 2.78. The van der Waals surface area contributed by atoms with E-state index in [0.29, 0.717) is 12.6 Å². The summed E-state index contributed by atoms with van der Waals surface area (Å²) in [6.07, 6.45) is 4.80. The van der Waals surface area contributed by atoms with E-state index in [9.17, 15) is 0 Å². The number of aryl methyl sites for hydroxylation is 1. The van der Waals surface area contributed by atoms with Crippen molar-refractivity contribution < 1.29 is 9.47 Å². The van der Waals surface area contributed by atoms with Gasteiger partial charge in [0.25, 0.3) is 0 Å². The van der Waals surface area contributed by atoms with Crippen molar-refractivity contribution in [1.29, 1.82) is 0 Å². The van der Waals surface area contributed by atoms with Crippen molar-refractivity contribution in [2.75, 3.05) is 26.8 Å². The van der Waals surface area contributed by atoms with Crippen LogP contribution in [0.25, 0.3) is 0 Å². The highest BCUT2D eigenvalue weighted by Gasteiger charge is 2.14. The first kappa shape index (κ1) is 18.6. The summed E-state index contributed by atoms with van der Waals surface area (Å²) in [4.78, 5) is 4.29. The van der Waals surface area contributed by atoms with Gasteiger partial charge in [-0.2, -0.15) is 0 Å². The molecule has 1 aromatic carbocycles. The number of nitrogens with one attached hydrogen (secondary N) is 2. The van der Waals surface area contributed by atoms with Crippen LogP contribution in [0.5, 0.6) is 5.75 Å². The van der Waals surface area contributed by atoms with Gasteiger partial charge in [0.15, 0.2) is 5.96 Å². The molecule has 24 heavy (non-hydrogen) atoms. The summed E-state index contributed by atoms with van der Waals surface area (Å²) >= 11 is 0. The van der Waals surface area contributed by atoms with Gasteiger partial charge in [0, 0.05) is 32.3 Å². The van der Waals surface area contributed by atoms with Crippen molar-refractivity contribution >= 4 is 5.96 Å².